The summed E-state index contributed by atoms with van der Waals surface area (Å²) in [6, 6.07) is 3.68. The van der Waals surface area contributed by atoms with Crippen molar-refractivity contribution in [2.75, 3.05) is 0 Å². The van der Waals surface area contributed by atoms with Gasteiger partial charge in [-0.05, 0) is 30.5 Å². The second-order valence-corrected chi connectivity index (χ2v) is 4.74. The molecule has 1 aliphatic heterocycles. The normalized spacial score (nSPS) is 19.8. The summed E-state index contributed by atoms with van der Waals surface area (Å²) in [5.74, 6) is -3.02. The van der Waals surface area contributed by atoms with Crippen molar-refractivity contribution < 1.29 is 19.1 Å². The van der Waals surface area contributed by atoms with E-state index < -0.39 is 23.5 Å². The fourth-order valence-corrected chi connectivity index (χ4v) is 2.17. The molecular weight excluding hydrogens is 252 g/mol. The number of cyclic esters (lactones) is 1. The lowest BCUT2D eigenvalue weighted by Gasteiger charge is -2.15. The molecule has 18 heavy (non-hydrogen) atoms. The number of carbonyl (C=O) groups excluding carboxylic acids is 3. The van der Waals surface area contributed by atoms with Crippen molar-refractivity contribution in [1.29, 1.82) is 0 Å². The minimum atomic E-state index is -1.36. The van der Waals surface area contributed by atoms with E-state index in [-0.39, 0.29) is 5.76 Å². The van der Waals surface area contributed by atoms with E-state index in [9.17, 15) is 14.4 Å². The van der Waals surface area contributed by atoms with Gasteiger partial charge in [0.1, 0.15) is 5.76 Å². The van der Waals surface area contributed by atoms with Crippen LogP contribution in [0.15, 0.2) is 35.4 Å². The number of thiophene rings is 1. The summed E-state index contributed by atoms with van der Waals surface area (Å²) in [5.41, 5.74) is 0. The maximum absolute atomic E-state index is 11.8. The van der Waals surface area contributed by atoms with Gasteiger partial charge in [0.2, 0.25) is 0 Å². The number of ketones is 2. The van der Waals surface area contributed by atoms with Crippen LogP contribution in [0, 0.1) is 5.92 Å². The first-order valence-corrected chi connectivity index (χ1v) is 6.15. The Bertz CT molecular complexity index is 552. The van der Waals surface area contributed by atoms with Crippen molar-refractivity contribution in [2.45, 2.75) is 6.92 Å². The van der Waals surface area contributed by atoms with Gasteiger partial charge in [-0.25, -0.2) is 0 Å². The summed E-state index contributed by atoms with van der Waals surface area (Å²) < 4.78 is 4.78. The Labute approximate surface area is 108 Å². The van der Waals surface area contributed by atoms with Gasteiger partial charge in [0.05, 0.1) is 0 Å². The zero-order valence-electron chi connectivity index (χ0n) is 9.58. The fourth-order valence-electron chi connectivity index (χ4n) is 1.55. The molecular formula is C13H10O4S. The molecule has 1 atom stereocenters. The van der Waals surface area contributed by atoms with Crippen molar-refractivity contribution in [3.8, 4) is 0 Å². The minimum absolute atomic E-state index is 0.219. The molecule has 2 heterocycles. The van der Waals surface area contributed by atoms with Crippen LogP contribution in [0.25, 0.3) is 6.08 Å². The molecule has 0 aliphatic carbocycles. The maximum Gasteiger partial charge on any atom is 0.329 e. The molecule has 0 saturated heterocycles. The first-order valence-electron chi connectivity index (χ1n) is 5.27. The number of ether oxygens (including phenoxy) is 1. The van der Waals surface area contributed by atoms with Gasteiger partial charge < -0.3 is 4.74 Å². The van der Waals surface area contributed by atoms with Gasteiger partial charge >= 0.3 is 5.97 Å². The number of esters is 1. The number of allylic oxidation sites excluding steroid dienone is 3. The quantitative estimate of drug-likeness (QED) is 0.475. The van der Waals surface area contributed by atoms with Crippen molar-refractivity contribution in [1.82, 2.24) is 0 Å². The van der Waals surface area contributed by atoms with E-state index in [0.29, 0.717) is 0 Å². The van der Waals surface area contributed by atoms with Crippen molar-refractivity contribution in [2.24, 2.45) is 5.92 Å². The topological polar surface area (TPSA) is 60.4 Å². The Morgan fingerprint density at radius 3 is 2.83 bits per heavy atom. The lowest BCUT2D eigenvalue weighted by molar-refractivity contribution is -0.151. The van der Waals surface area contributed by atoms with Gasteiger partial charge in [0.15, 0.2) is 17.5 Å². The molecule has 1 aliphatic rings. The molecule has 0 radical (unpaired) electrons. The second kappa shape index (κ2) is 5.10. The lowest BCUT2D eigenvalue weighted by Crippen LogP contribution is -2.34. The van der Waals surface area contributed by atoms with Crippen LogP contribution in [0.1, 0.15) is 11.8 Å². The van der Waals surface area contributed by atoms with Crippen LogP contribution in [-0.2, 0) is 19.1 Å². The highest BCUT2D eigenvalue weighted by Gasteiger charge is 2.36. The van der Waals surface area contributed by atoms with Crippen molar-refractivity contribution in [3.63, 3.8) is 0 Å². The van der Waals surface area contributed by atoms with Gasteiger partial charge in [-0.1, -0.05) is 6.07 Å². The molecule has 1 aromatic heterocycles. The van der Waals surface area contributed by atoms with E-state index in [2.05, 4.69) is 0 Å². The van der Waals surface area contributed by atoms with Gasteiger partial charge in [0.25, 0.3) is 0 Å². The summed E-state index contributed by atoms with van der Waals surface area (Å²) >= 11 is 1.46. The third kappa shape index (κ3) is 2.62. The highest BCUT2D eigenvalue weighted by Crippen LogP contribution is 2.17. The molecule has 1 aromatic rings. The standard InChI is InChI=1S/C13H10O4S/c1-8-7-11(15)12(13(16)17-8)10(14)5-4-9-3-2-6-18-9/h2-7,12H,1H3/b5-4+. The lowest BCUT2D eigenvalue weighted by atomic mass is 9.96. The number of hydrogen-bond acceptors (Lipinski definition) is 5. The first-order chi connectivity index (χ1) is 8.58. The largest absolute Gasteiger partial charge is 0.430 e. The summed E-state index contributed by atoms with van der Waals surface area (Å²) in [6.45, 7) is 1.50. The van der Waals surface area contributed by atoms with Crippen LogP contribution >= 0.6 is 11.3 Å². The zero-order valence-corrected chi connectivity index (χ0v) is 10.4. The Kier molecular flexibility index (Phi) is 3.53. The molecule has 0 amide bonds. The van der Waals surface area contributed by atoms with Gasteiger partial charge in [0, 0.05) is 11.0 Å². The van der Waals surface area contributed by atoms with Crippen molar-refractivity contribution >= 4 is 34.9 Å². The SMILES string of the molecule is CC1=CC(=O)C(C(=O)/C=C/c2cccs2)C(=O)O1. The molecule has 4 nitrogen and oxygen atoms in total. The van der Waals surface area contributed by atoms with E-state index in [0.717, 1.165) is 4.88 Å². The monoisotopic (exact) mass is 262 g/mol. The molecule has 0 saturated carbocycles. The Balaban J connectivity index is 2.14. The predicted octanol–water partition coefficient (Wildman–Crippen LogP) is 1.98. The molecule has 0 N–H and O–H groups in total. The third-order valence-corrected chi connectivity index (χ3v) is 3.20. The van der Waals surface area contributed by atoms with Crippen LogP contribution in [0.5, 0.6) is 0 Å². The molecule has 5 heteroatoms. The minimum Gasteiger partial charge on any atom is -0.430 e. The third-order valence-electron chi connectivity index (χ3n) is 2.37. The zero-order chi connectivity index (χ0) is 13.1. The molecule has 1 unspecified atom stereocenters. The molecule has 0 fully saturated rings. The highest BCUT2D eigenvalue weighted by molar-refractivity contribution is 7.10. The predicted molar refractivity (Wildman–Crippen MR) is 66.7 cm³/mol. The van der Waals surface area contributed by atoms with Crippen LogP contribution in [-0.4, -0.2) is 17.5 Å². The Hall–Kier alpha value is -2.01. The van der Waals surface area contributed by atoms with E-state index in [4.69, 9.17) is 4.74 Å². The van der Waals surface area contributed by atoms with Crippen LogP contribution in [0.3, 0.4) is 0 Å². The van der Waals surface area contributed by atoms with Gasteiger partial charge in [-0.15, -0.1) is 11.3 Å². The number of hydrogen-bond donors (Lipinski definition) is 0. The fraction of sp³-hybridized carbons (Fsp3) is 0.154. The summed E-state index contributed by atoms with van der Waals surface area (Å²) in [6.07, 6.45) is 3.99. The van der Waals surface area contributed by atoms with E-state index in [1.54, 1.807) is 6.08 Å². The van der Waals surface area contributed by atoms with Gasteiger partial charge in [-0.3, -0.25) is 14.4 Å². The smallest absolute Gasteiger partial charge is 0.329 e. The average molecular weight is 262 g/mol. The van der Waals surface area contributed by atoms with Gasteiger partial charge in [-0.2, -0.15) is 0 Å². The molecule has 0 bridgehead atoms. The maximum atomic E-state index is 11.8. The number of carbonyl (C=O) groups is 3. The number of rotatable bonds is 3. The molecule has 0 aromatic carbocycles. The van der Waals surface area contributed by atoms with Crippen LogP contribution in [0.4, 0.5) is 0 Å². The summed E-state index contributed by atoms with van der Waals surface area (Å²) in [5, 5.41) is 1.87. The van der Waals surface area contributed by atoms with Crippen LogP contribution < -0.4 is 0 Å². The molecule has 0 spiro atoms. The summed E-state index contributed by atoms with van der Waals surface area (Å²) in [4.78, 5) is 35.7. The Morgan fingerprint density at radius 2 is 2.22 bits per heavy atom. The molecule has 92 valence electrons. The molecule has 2 rings (SSSR count). The average Bonchev–Trinajstić information content (AvgIpc) is 2.77. The van der Waals surface area contributed by atoms with Crippen molar-refractivity contribution in [3.05, 3.63) is 40.3 Å². The Morgan fingerprint density at radius 1 is 1.44 bits per heavy atom. The summed E-state index contributed by atoms with van der Waals surface area (Å²) in [7, 11) is 0. The van der Waals surface area contributed by atoms with E-state index >= 15 is 0 Å². The van der Waals surface area contributed by atoms with Crippen LogP contribution in [0.2, 0.25) is 0 Å². The van der Waals surface area contributed by atoms with E-state index in [1.807, 2.05) is 17.5 Å². The second-order valence-electron chi connectivity index (χ2n) is 3.76. The first kappa shape index (κ1) is 12.4. The highest BCUT2D eigenvalue weighted by atomic mass is 32.1. The van der Waals surface area contributed by atoms with E-state index in [1.165, 1.54) is 30.4 Å².